The van der Waals surface area contributed by atoms with E-state index >= 15 is 0 Å². The van der Waals surface area contributed by atoms with Crippen LogP contribution in [0, 0.1) is 12.7 Å². The zero-order valence-electron chi connectivity index (χ0n) is 8.92. The Kier molecular flexibility index (Phi) is 3.52. The summed E-state index contributed by atoms with van der Waals surface area (Å²) in [5.41, 5.74) is 1.76. The van der Waals surface area contributed by atoms with Crippen LogP contribution in [0.3, 0.4) is 0 Å². The molecule has 0 radical (unpaired) electrons. The fraction of sp³-hybridized carbons (Fsp3) is 0.500. The third-order valence-electron chi connectivity index (χ3n) is 2.75. The summed E-state index contributed by atoms with van der Waals surface area (Å²) in [4.78, 5) is 0. The first-order chi connectivity index (χ1) is 7.25. The highest BCUT2D eigenvalue weighted by atomic mass is 32.2. The van der Waals surface area contributed by atoms with Gasteiger partial charge in [0.15, 0.2) is 0 Å². The molecule has 82 valence electrons. The van der Waals surface area contributed by atoms with E-state index in [1.165, 1.54) is 30.4 Å². The Morgan fingerprint density at radius 3 is 2.73 bits per heavy atom. The SMILES string of the molecule is Cc1cc(NC2CCSCC2)ccc1F. The molecule has 0 amide bonds. The number of hydrogen-bond donors (Lipinski definition) is 1. The molecule has 1 heterocycles. The van der Waals surface area contributed by atoms with Gasteiger partial charge in [-0.15, -0.1) is 0 Å². The first kappa shape index (κ1) is 10.8. The summed E-state index contributed by atoms with van der Waals surface area (Å²) in [7, 11) is 0. The number of anilines is 1. The summed E-state index contributed by atoms with van der Waals surface area (Å²) in [6, 6.07) is 5.81. The van der Waals surface area contributed by atoms with E-state index in [1.807, 2.05) is 23.9 Å². The Morgan fingerprint density at radius 1 is 1.33 bits per heavy atom. The van der Waals surface area contributed by atoms with Crippen molar-refractivity contribution in [1.82, 2.24) is 0 Å². The summed E-state index contributed by atoms with van der Waals surface area (Å²) in [6.45, 7) is 1.80. The molecule has 0 spiro atoms. The van der Waals surface area contributed by atoms with Crippen LogP contribution in [0.2, 0.25) is 0 Å². The van der Waals surface area contributed by atoms with Crippen molar-refractivity contribution in [3.05, 3.63) is 29.6 Å². The molecular weight excluding hydrogens is 209 g/mol. The van der Waals surface area contributed by atoms with Crippen LogP contribution < -0.4 is 5.32 Å². The van der Waals surface area contributed by atoms with Gasteiger partial charge in [0.05, 0.1) is 0 Å². The molecular formula is C12H16FNS. The van der Waals surface area contributed by atoms with E-state index in [2.05, 4.69) is 5.32 Å². The second-order valence-electron chi connectivity index (χ2n) is 3.99. The van der Waals surface area contributed by atoms with Crippen LogP contribution in [-0.2, 0) is 0 Å². The lowest BCUT2D eigenvalue weighted by molar-refractivity contribution is 0.617. The largest absolute Gasteiger partial charge is 0.382 e. The maximum absolute atomic E-state index is 13.0. The predicted octanol–water partition coefficient (Wildman–Crippen LogP) is 3.44. The van der Waals surface area contributed by atoms with Crippen molar-refractivity contribution < 1.29 is 4.39 Å². The lowest BCUT2D eigenvalue weighted by Crippen LogP contribution is -2.24. The molecule has 0 bridgehead atoms. The molecule has 1 saturated heterocycles. The van der Waals surface area contributed by atoms with Gasteiger partial charge in [-0.2, -0.15) is 11.8 Å². The zero-order valence-corrected chi connectivity index (χ0v) is 9.74. The van der Waals surface area contributed by atoms with E-state index in [4.69, 9.17) is 0 Å². The molecule has 15 heavy (non-hydrogen) atoms. The van der Waals surface area contributed by atoms with E-state index in [1.54, 1.807) is 6.92 Å². The minimum atomic E-state index is -0.125. The standard InChI is InChI=1S/C12H16FNS/c1-9-8-11(2-3-12(9)13)14-10-4-6-15-7-5-10/h2-3,8,10,14H,4-7H2,1H3. The topological polar surface area (TPSA) is 12.0 Å². The highest BCUT2D eigenvalue weighted by Crippen LogP contribution is 2.22. The van der Waals surface area contributed by atoms with Crippen molar-refractivity contribution in [2.75, 3.05) is 16.8 Å². The lowest BCUT2D eigenvalue weighted by Gasteiger charge is -2.23. The van der Waals surface area contributed by atoms with Crippen LogP contribution in [0.5, 0.6) is 0 Å². The second kappa shape index (κ2) is 4.88. The molecule has 1 nitrogen and oxygen atoms in total. The van der Waals surface area contributed by atoms with Crippen LogP contribution in [0.1, 0.15) is 18.4 Å². The maximum atomic E-state index is 13.0. The molecule has 1 aromatic rings. The fourth-order valence-corrected chi connectivity index (χ4v) is 2.92. The van der Waals surface area contributed by atoms with Crippen molar-refractivity contribution in [2.24, 2.45) is 0 Å². The number of benzene rings is 1. The molecule has 0 saturated carbocycles. The summed E-state index contributed by atoms with van der Waals surface area (Å²) in [6.07, 6.45) is 2.42. The monoisotopic (exact) mass is 225 g/mol. The number of aryl methyl sites for hydroxylation is 1. The van der Waals surface area contributed by atoms with E-state index < -0.39 is 0 Å². The Labute approximate surface area is 94.5 Å². The van der Waals surface area contributed by atoms with E-state index in [0.29, 0.717) is 11.6 Å². The van der Waals surface area contributed by atoms with Crippen molar-refractivity contribution in [3.63, 3.8) is 0 Å². The smallest absolute Gasteiger partial charge is 0.126 e. The van der Waals surface area contributed by atoms with Crippen molar-refractivity contribution in [1.29, 1.82) is 0 Å². The molecule has 0 unspecified atom stereocenters. The lowest BCUT2D eigenvalue weighted by atomic mass is 10.1. The Hall–Kier alpha value is -0.700. The van der Waals surface area contributed by atoms with Crippen LogP contribution in [0.4, 0.5) is 10.1 Å². The highest BCUT2D eigenvalue weighted by molar-refractivity contribution is 7.99. The Morgan fingerprint density at radius 2 is 2.07 bits per heavy atom. The van der Waals surface area contributed by atoms with Gasteiger partial charge in [-0.1, -0.05) is 0 Å². The Balaban J connectivity index is 2.00. The van der Waals surface area contributed by atoms with Gasteiger partial charge in [-0.05, 0) is 55.0 Å². The fourth-order valence-electron chi connectivity index (χ4n) is 1.81. The normalized spacial score (nSPS) is 17.7. The first-order valence-electron chi connectivity index (χ1n) is 5.36. The molecule has 1 aromatic carbocycles. The quantitative estimate of drug-likeness (QED) is 0.827. The first-order valence-corrected chi connectivity index (χ1v) is 6.51. The second-order valence-corrected chi connectivity index (χ2v) is 5.22. The number of rotatable bonds is 2. The highest BCUT2D eigenvalue weighted by Gasteiger charge is 2.13. The molecule has 2 rings (SSSR count). The minimum absolute atomic E-state index is 0.125. The van der Waals surface area contributed by atoms with Gasteiger partial charge >= 0.3 is 0 Å². The third-order valence-corrected chi connectivity index (χ3v) is 3.80. The maximum Gasteiger partial charge on any atom is 0.126 e. The minimum Gasteiger partial charge on any atom is -0.382 e. The summed E-state index contributed by atoms with van der Waals surface area (Å²) in [5, 5.41) is 3.47. The molecule has 1 aliphatic rings. The number of hydrogen-bond acceptors (Lipinski definition) is 2. The van der Waals surface area contributed by atoms with Crippen molar-refractivity contribution in [2.45, 2.75) is 25.8 Å². The Bertz CT molecular complexity index is 334. The zero-order chi connectivity index (χ0) is 10.7. The molecule has 0 atom stereocenters. The molecule has 1 fully saturated rings. The van der Waals surface area contributed by atoms with Gasteiger partial charge in [0, 0.05) is 11.7 Å². The third kappa shape index (κ3) is 2.88. The summed E-state index contributed by atoms with van der Waals surface area (Å²) >= 11 is 2.01. The van der Waals surface area contributed by atoms with E-state index in [0.717, 1.165) is 5.69 Å². The average molecular weight is 225 g/mol. The molecule has 1 aliphatic heterocycles. The summed E-state index contributed by atoms with van der Waals surface area (Å²) < 4.78 is 13.0. The van der Waals surface area contributed by atoms with Gasteiger partial charge in [0.2, 0.25) is 0 Å². The van der Waals surface area contributed by atoms with Gasteiger partial charge in [-0.25, -0.2) is 4.39 Å². The number of halogens is 1. The molecule has 0 aromatic heterocycles. The van der Waals surface area contributed by atoms with Crippen LogP contribution >= 0.6 is 11.8 Å². The van der Waals surface area contributed by atoms with Crippen molar-refractivity contribution >= 4 is 17.4 Å². The molecule has 3 heteroatoms. The summed E-state index contributed by atoms with van der Waals surface area (Å²) in [5.74, 6) is 2.34. The number of nitrogens with one attached hydrogen (secondary N) is 1. The van der Waals surface area contributed by atoms with E-state index in [-0.39, 0.29) is 5.82 Å². The number of thioether (sulfide) groups is 1. The van der Waals surface area contributed by atoms with Crippen LogP contribution in [-0.4, -0.2) is 17.5 Å². The predicted molar refractivity (Wildman–Crippen MR) is 65.1 cm³/mol. The van der Waals surface area contributed by atoms with Crippen LogP contribution in [0.25, 0.3) is 0 Å². The van der Waals surface area contributed by atoms with Gasteiger partial charge in [0.1, 0.15) is 5.82 Å². The molecule has 1 N–H and O–H groups in total. The van der Waals surface area contributed by atoms with Crippen LogP contribution in [0.15, 0.2) is 18.2 Å². The average Bonchev–Trinajstić information content (AvgIpc) is 2.25. The van der Waals surface area contributed by atoms with E-state index in [9.17, 15) is 4.39 Å². The van der Waals surface area contributed by atoms with Gasteiger partial charge < -0.3 is 5.32 Å². The molecule has 0 aliphatic carbocycles. The van der Waals surface area contributed by atoms with Crippen molar-refractivity contribution in [3.8, 4) is 0 Å². The van der Waals surface area contributed by atoms with Gasteiger partial charge in [0.25, 0.3) is 0 Å². The van der Waals surface area contributed by atoms with Gasteiger partial charge in [-0.3, -0.25) is 0 Å².